The van der Waals surface area contributed by atoms with Gasteiger partial charge in [-0.05, 0) is 86.8 Å². The quantitative estimate of drug-likeness (QED) is 0.370. The van der Waals surface area contributed by atoms with E-state index in [-0.39, 0.29) is 11.2 Å². The molecule has 1 aromatic carbocycles. The summed E-state index contributed by atoms with van der Waals surface area (Å²) in [5, 5.41) is 12.1. The SMILES string of the molecule is C[C@H](Sc1nnc(-c2cccs2)n1[C@H](C)[C@@H]1C[C@H]2CC[C@H]1C2)C(=O)N1CCCc2ccccc21. The van der Waals surface area contributed by atoms with Gasteiger partial charge in [-0.1, -0.05) is 42.4 Å². The number of hydrogen-bond donors (Lipinski definition) is 0. The molecule has 5 atom stereocenters. The molecule has 0 spiro atoms. The van der Waals surface area contributed by atoms with Crippen LogP contribution in [0.4, 0.5) is 5.69 Å². The van der Waals surface area contributed by atoms with Crippen LogP contribution in [0.25, 0.3) is 10.7 Å². The summed E-state index contributed by atoms with van der Waals surface area (Å²) in [7, 11) is 0. The highest BCUT2D eigenvalue weighted by Crippen LogP contribution is 2.53. The number of rotatable bonds is 6. The van der Waals surface area contributed by atoms with Crippen molar-refractivity contribution >= 4 is 34.7 Å². The Morgan fingerprint density at radius 3 is 2.76 bits per heavy atom. The molecule has 2 fully saturated rings. The van der Waals surface area contributed by atoms with Crippen LogP contribution in [0.3, 0.4) is 0 Å². The van der Waals surface area contributed by atoms with Crippen molar-refractivity contribution in [1.82, 2.24) is 14.8 Å². The Hall–Kier alpha value is -2.12. The van der Waals surface area contributed by atoms with E-state index >= 15 is 0 Å². The molecule has 5 nitrogen and oxygen atoms in total. The second-order valence-corrected chi connectivity index (χ2v) is 12.5. The van der Waals surface area contributed by atoms with E-state index in [0.29, 0.717) is 12.0 Å². The Labute approximate surface area is 210 Å². The van der Waals surface area contributed by atoms with Gasteiger partial charge in [0.05, 0.1) is 10.1 Å². The highest BCUT2D eigenvalue weighted by atomic mass is 32.2. The molecule has 2 bridgehead atoms. The van der Waals surface area contributed by atoms with E-state index in [1.54, 1.807) is 23.1 Å². The molecule has 2 saturated carbocycles. The molecule has 6 rings (SSSR count). The third kappa shape index (κ3) is 3.91. The van der Waals surface area contributed by atoms with Crippen LogP contribution in [0.1, 0.15) is 57.6 Å². The number of nitrogens with zero attached hydrogens (tertiary/aromatic N) is 4. The summed E-state index contributed by atoms with van der Waals surface area (Å²) in [6.07, 6.45) is 7.52. The summed E-state index contributed by atoms with van der Waals surface area (Å²) in [5.74, 6) is 3.51. The Morgan fingerprint density at radius 1 is 1.12 bits per heavy atom. The van der Waals surface area contributed by atoms with Crippen molar-refractivity contribution in [2.24, 2.45) is 17.8 Å². The standard InChI is InChI=1S/C27H32N4OS2/c1-17(22-16-19-11-12-21(22)15-19)31-25(24-10-6-14-33-24)28-29-27(31)34-18(2)26(32)30-13-5-8-20-7-3-4-9-23(20)30/h3-4,6-7,9-10,14,17-19,21-22H,5,8,11-13,15-16H2,1-2H3/t17-,18+,19+,21+,22+/m1/s1. The van der Waals surface area contributed by atoms with Crippen LogP contribution in [0, 0.1) is 17.8 Å². The summed E-state index contributed by atoms with van der Waals surface area (Å²) in [5.41, 5.74) is 2.34. The normalized spacial score (nSPS) is 25.4. The van der Waals surface area contributed by atoms with Crippen LogP contribution < -0.4 is 4.90 Å². The van der Waals surface area contributed by atoms with Crippen LogP contribution in [-0.4, -0.2) is 32.5 Å². The van der Waals surface area contributed by atoms with Crippen molar-refractivity contribution in [3.8, 4) is 10.7 Å². The smallest absolute Gasteiger partial charge is 0.240 e. The van der Waals surface area contributed by atoms with E-state index in [9.17, 15) is 4.79 Å². The van der Waals surface area contributed by atoms with Gasteiger partial charge in [0.25, 0.3) is 0 Å². The molecule has 1 amide bonds. The molecule has 34 heavy (non-hydrogen) atoms. The van der Waals surface area contributed by atoms with Crippen LogP contribution >= 0.6 is 23.1 Å². The van der Waals surface area contributed by atoms with Crippen LogP contribution in [0.5, 0.6) is 0 Å². The summed E-state index contributed by atoms with van der Waals surface area (Å²) in [6.45, 7) is 5.16. The zero-order valence-electron chi connectivity index (χ0n) is 19.9. The largest absolute Gasteiger partial charge is 0.311 e. The summed E-state index contributed by atoms with van der Waals surface area (Å²) in [4.78, 5) is 16.7. The lowest BCUT2D eigenvalue weighted by atomic mass is 9.84. The Bertz CT molecular complexity index is 1170. The second kappa shape index (κ2) is 9.15. The molecular weight excluding hydrogens is 460 g/mol. The first kappa shape index (κ1) is 22.4. The van der Waals surface area contributed by atoms with Crippen molar-refractivity contribution in [3.05, 3.63) is 47.3 Å². The molecule has 3 heterocycles. The van der Waals surface area contributed by atoms with E-state index in [0.717, 1.165) is 52.8 Å². The summed E-state index contributed by atoms with van der Waals surface area (Å²) < 4.78 is 2.36. The maximum absolute atomic E-state index is 13.6. The van der Waals surface area contributed by atoms with Gasteiger partial charge < -0.3 is 4.90 Å². The first-order valence-corrected chi connectivity index (χ1v) is 14.4. The van der Waals surface area contributed by atoms with E-state index in [1.807, 2.05) is 17.9 Å². The molecule has 2 aliphatic carbocycles. The Balaban J connectivity index is 1.29. The van der Waals surface area contributed by atoms with Gasteiger partial charge in [-0.25, -0.2) is 0 Å². The topological polar surface area (TPSA) is 51.0 Å². The molecule has 1 aliphatic heterocycles. The number of thiophene rings is 1. The van der Waals surface area contributed by atoms with E-state index in [2.05, 4.69) is 57.4 Å². The third-order valence-corrected chi connectivity index (χ3v) is 10.1. The number of aromatic nitrogens is 3. The molecule has 0 unspecified atom stereocenters. The van der Waals surface area contributed by atoms with Gasteiger partial charge in [0.1, 0.15) is 0 Å². The van der Waals surface area contributed by atoms with Gasteiger partial charge in [0, 0.05) is 18.3 Å². The Morgan fingerprint density at radius 2 is 2.00 bits per heavy atom. The minimum absolute atomic E-state index is 0.164. The second-order valence-electron chi connectivity index (χ2n) is 10.2. The highest BCUT2D eigenvalue weighted by molar-refractivity contribution is 8.00. The number of anilines is 1. The molecule has 7 heteroatoms. The Kier molecular flexibility index (Phi) is 6.02. The van der Waals surface area contributed by atoms with Gasteiger partial charge in [-0.3, -0.25) is 9.36 Å². The minimum Gasteiger partial charge on any atom is -0.311 e. The fourth-order valence-electron chi connectivity index (χ4n) is 6.57. The van der Waals surface area contributed by atoms with Gasteiger partial charge >= 0.3 is 0 Å². The van der Waals surface area contributed by atoms with Gasteiger partial charge in [0.15, 0.2) is 11.0 Å². The number of thioether (sulfide) groups is 1. The number of hydrogen-bond acceptors (Lipinski definition) is 5. The lowest BCUT2D eigenvalue weighted by Crippen LogP contribution is -2.40. The maximum atomic E-state index is 13.6. The third-order valence-electron chi connectivity index (χ3n) is 8.23. The zero-order valence-corrected chi connectivity index (χ0v) is 21.5. The van der Waals surface area contributed by atoms with Crippen LogP contribution in [0.15, 0.2) is 46.9 Å². The molecule has 0 saturated heterocycles. The number of amides is 1. The van der Waals surface area contributed by atoms with E-state index in [4.69, 9.17) is 0 Å². The van der Waals surface area contributed by atoms with Crippen molar-refractivity contribution < 1.29 is 4.79 Å². The number of carbonyl (C=O) groups is 1. The first-order valence-electron chi connectivity index (χ1n) is 12.6. The molecule has 2 aromatic heterocycles. The molecule has 178 valence electrons. The molecule has 3 aromatic rings. The summed E-state index contributed by atoms with van der Waals surface area (Å²) >= 11 is 3.29. The van der Waals surface area contributed by atoms with Gasteiger partial charge in [0.2, 0.25) is 5.91 Å². The predicted molar refractivity (Wildman–Crippen MR) is 139 cm³/mol. The highest BCUT2D eigenvalue weighted by Gasteiger charge is 2.43. The zero-order chi connectivity index (χ0) is 23.2. The van der Waals surface area contributed by atoms with Crippen LogP contribution in [-0.2, 0) is 11.2 Å². The van der Waals surface area contributed by atoms with Crippen molar-refractivity contribution in [1.29, 1.82) is 0 Å². The average Bonchev–Trinajstić information content (AvgIpc) is 3.67. The minimum atomic E-state index is -0.225. The first-order chi connectivity index (χ1) is 16.6. The average molecular weight is 493 g/mol. The molecule has 3 aliphatic rings. The number of para-hydroxylation sites is 1. The number of benzene rings is 1. The van der Waals surface area contributed by atoms with Gasteiger partial charge in [-0.15, -0.1) is 21.5 Å². The predicted octanol–water partition coefficient (Wildman–Crippen LogP) is 6.46. The van der Waals surface area contributed by atoms with Crippen molar-refractivity contribution in [3.63, 3.8) is 0 Å². The van der Waals surface area contributed by atoms with E-state index < -0.39 is 0 Å². The van der Waals surface area contributed by atoms with Crippen LogP contribution in [0.2, 0.25) is 0 Å². The monoisotopic (exact) mass is 492 g/mol. The van der Waals surface area contributed by atoms with Crippen molar-refractivity contribution in [2.45, 2.75) is 68.8 Å². The lowest BCUT2D eigenvalue weighted by Gasteiger charge is -2.32. The number of aryl methyl sites for hydroxylation is 1. The molecule has 0 N–H and O–H groups in total. The molecule has 0 radical (unpaired) electrons. The number of fused-ring (bicyclic) bond motifs is 3. The van der Waals surface area contributed by atoms with Gasteiger partial charge in [-0.2, -0.15) is 0 Å². The maximum Gasteiger partial charge on any atom is 0.240 e. The fourth-order valence-corrected chi connectivity index (χ4v) is 8.27. The lowest BCUT2D eigenvalue weighted by molar-refractivity contribution is -0.117. The van der Waals surface area contributed by atoms with E-state index in [1.165, 1.54) is 31.2 Å². The number of carbonyl (C=O) groups excluding carboxylic acids is 1. The molecular formula is C27H32N4OS2. The summed E-state index contributed by atoms with van der Waals surface area (Å²) in [6, 6.07) is 12.9. The van der Waals surface area contributed by atoms with Crippen molar-refractivity contribution in [2.75, 3.05) is 11.4 Å². The fraction of sp³-hybridized carbons (Fsp3) is 0.519.